The third kappa shape index (κ3) is 4.12. The predicted molar refractivity (Wildman–Crippen MR) is 92.9 cm³/mol. The molecule has 0 atom stereocenters. The molecule has 1 amide bonds. The third-order valence-corrected chi connectivity index (χ3v) is 4.49. The van der Waals surface area contributed by atoms with E-state index in [2.05, 4.69) is 19.2 Å². The average Bonchev–Trinajstić information content (AvgIpc) is 2.53. The van der Waals surface area contributed by atoms with Gasteiger partial charge in [0, 0.05) is 5.69 Å². The van der Waals surface area contributed by atoms with E-state index in [-0.39, 0.29) is 16.2 Å². The number of carbonyl (C=O) groups is 1. The Morgan fingerprint density at radius 2 is 1.75 bits per heavy atom. The number of ether oxygens (including phenoxy) is 1. The number of rotatable bonds is 5. The number of nitrogens with one attached hydrogen (secondary N) is 1. The van der Waals surface area contributed by atoms with Gasteiger partial charge in [0.25, 0.3) is 5.91 Å². The predicted octanol–water partition coefficient (Wildman–Crippen LogP) is 2.72. The minimum Gasteiger partial charge on any atom is -0.496 e. The van der Waals surface area contributed by atoms with E-state index in [0.717, 1.165) is 5.56 Å². The maximum Gasteiger partial charge on any atom is 0.259 e. The molecule has 7 heteroatoms. The number of primary sulfonamides is 1. The van der Waals surface area contributed by atoms with Gasteiger partial charge in [0.1, 0.15) is 5.75 Å². The molecular weight excluding hydrogens is 328 g/mol. The summed E-state index contributed by atoms with van der Waals surface area (Å²) >= 11 is 0. The summed E-state index contributed by atoms with van der Waals surface area (Å²) in [5.74, 6) is 0.176. The molecule has 0 aliphatic rings. The Labute approximate surface area is 141 Å². The molecule has 0 radical (unpaired) electrons. The van der Waals surface area contributed by atoms with Gasteiger partial charge in [-0.2, -0.15) is 0 Å². The van der Waals surface area contributed by atoms with Crippen molar-refractivity contribution in [3.05, 3.63) is 53.6 Å². The topological polar surface area (TPSA) is 98.5 Å². The SMILES string of the molecule is COc1ccc(S(N)(=O)=O)cc1C(=O)Nc1ccc(C(C)C)cc1. The molecule has 0 spiro atoms. The molecule has 24 heavy (non-hydrogen) atoms. The molecule has 0 saturated carbocycles. The van der Waals surface area contributed by atoms with Gasteiger partial charge in [0.2, 0.25) is 10.0 Å². The number of nitrogens with two attached hydrogens (primary N) is 1. The van der Waals surface area contributed by atoms with Crippen LogP contribution >= 0.6 is 0 Å². The van der Waals surface area contributed by atoms with Crippen LogP contribution in [0.1, 0.15) is 35.7 Å². The first-order valence-corrected chi connectivity index (χ1v) is 8.89. The second-order valence-electron chi connectivity index (χ2n) is 5.64. The Morgan fingerprint density at radius 3 is 2.25 bits per heavy atom. The fourth-order valence-electron chi connectivity index (χ4n) is 2.19. The van der Waals surface area contributed by atoms with Crippen LogP contribution in [0.25, 0.3) is 0 Å². The molecule has 0 fully saturated rings. The number of amides is 1. The molecule has 2 aromatic rings. The fourth-order valence-corrected chi connectivity index (χ4v) is 2.73. The number of anilines is 1. The summed E-state index contributed by atoms with van der Waals surface area (Å²) in [5, 5.41) is 7.84. The molecule has 0 bridgehead atoms. The minimum absolute atomic E-state index is 0.0944. The van der Waals surface area contributed by atoms with Gasteiger partial charge in [-0.25, -0.2) is 13.6 Å². The summed E-state index contributed by atoms with van der Waals surface area (Å²) in [6, 6.07) is 11.3. The van der Waals surface area contributed by atoms with Crippen LogP contribution in [0, 0.1) is 0 Å². The molecule has 0 unspecified atom stereocenters. The van der Waals surface area contributed by atoms with Crippen molar-refractivity contribution in [1.29, 1.82) is 0 Å². The highest BCUT2D eigenvalue weighted by Crippen LogP contribution is 2.24. The second kappa shape index (κ2) is 7.02. The zero-order chi connectivity index (χ0) is 17.9. The monoisotopic (exact) mass is 348 g/mol. The van der Waals surface area contributed by atoms with Crippen LogP contribution in [-0.4, -0.2) is 21.4 Å². The van der Waals surface area contributed by atoms with Gasteiger partial charge in [-0.1, -0.05) is 26.0 Å². The lowest BCUT2D eigenvalue weighted by atomic mass is 10.0. The summed E-state index contributed by atoms with van der Waals surface area (Å²) in [5.41, 5.74) is 1.85. The minimum atomic E-state index is -3.91. The van der Waals surface area contributed by atoms with Crippen molar-refractivity contribution in [2.45, 2.75) is 24.7 Å². The molecule has 6 nitrogen and oxygen atoms in total. The Kier molecular flexibility index (Phi) is 5.26. The van der Waals surface area contributed by atoms with Crippen molar-refractivity contribution in [3.63, 3.8) is 0 Å². The van der Waals surface area contributed by atoms with Crippen molar-refractivity contribution in [2.75, 3.05) is 12.4 Å². The molecule has 2 rings (SSSR count). The number of hydrogen-bond donors (Lipinski definition) is 2. The van der Waals surface area contributed by atoms with Gasteiger partial charge >= 0.3 is 0 Å². The Hall–Kier alpha value is -2.38. The van der Waals surface area contributed by atoms with Gasteiger partial charge < -0.3 is 10.1 Å². The van der Waals surface area contributed by atoms with E-state index in [1.54, 1.807) is 12.1 Å². The lowest BCUT2D eigenvalue weighted by Gasteiger charge is -2.12. The van der Waals surface area contributed by atoms with E-state index in [4.69, 9.17) is 9.88 Å². The lowest BCUT2D eigenvalue weighted by Crippen LogP contribution is -2.16. The Bertz CT molecular complexity index is 843. The van der Waals surface area contributed by atoms with Gasteiger partial charge in [-0.3, -0.25) is 4.79 Å². The standard InChI is InChI=1S/C17H20N2O4S/c1-11(2)12-4-6-13(7-5-12)19-17(20)15-10-14(24(18,21)22)8-9-16(15)23-3/h4-11H,1-3H3,(H,19,20)(H2,18,21,22). The molecule has 0 heterocycles. The Morgan fingerprint density at radius 1 is 1.12 bits per heavy atom. The summed E-state index contributed by atoms with van der Waals surface area (Å²) < 4.78 is 28.1. The molecule has 128 valence electrons. The van der Waals surface area contributed by atoms with Crippen LogP contribution < -0.4 is 15.2 Å². The average molecular weight is 348 g/mol. The third-order valence-electron chi connectivity index (χ3n) is 3.58. The second-order valence-corrected chi connectivity index (χ2v) is 7.20. The number of carbonyl (C=O) groups excluding carboxylic acids is 1. The number of hydrogen-bond acceptors (Lipinski definition) is 4. The Balaban J connectivity index is 2.31. The van der Waals surface area contributed by atoms with Crippen molar-refractivity contribution in [3.8, 4) is 5.75 Å². The molecule has 0 aliphatic heterocycles. The lowest BCUT2D eigenvalue weighted by molar-refractivity contribution is 0.102. The van der Waals surface area contributed by atoms with Crippen molar-refractivity contribution >= 4 is 21.6 Å². The van der Waals surface area contributed by atoms with Crippen LogP contribution in [0.5, 0.6) is 5.75 Å². The van der Waals surface area contributed by atoms with E-state index in [1.807, 2.05) is 12.1 Å². The first kappa shape index (κ1) is 18.0. The van der Waals surface area contributed by atoms with Crippen molar-refractivity contribution in [1.82, 2.24) is 0 Å². The highest BCUT2D eigenvalue weighted by molar-refractivity contribution is 7.89. The van der Waals surface area contributed by atoms with Crippen LogP contribution in [0.2, 0.25) is 0 Å². The van der Waals surface area contributed by atoms with E-state index in [9.17, 15) is 13.2 Å². The molecular formula is C17H20N2O4S. The smallest absolute Gasteiger partial charge is 0.259 e. The van der Waals surface area contributed by atoms with Crippen molar-refractivity contribution in [2.24, 2.45) is 5.14 Å². The largest absolute Gasteiger partial charge is 0.496 e. The fraction of sp³-hybridized carbons (Fsp3) is 0.235. The summed E-state index contributed by atoms with van der Waals surface area (Å²) in [6.07, 6.45) is 0. The van der Waals surface area contributed by atoms with E-state index in [0.29, 0.717) is 11.6 Å². The molecule has 2 aromatic carbocycles. The zero-order valence-electron chi connectivity index (χ0n) is 13.7. The first-order valence-electron chi connectivity index (χ1n) is 7.34. The number of methoxy groups -OCH3 is 1. The summed E-state index contributed by atoms with van der Waals surface area (Å²) in [4.78, 5) is 12.3. The van der Waals surface area contributed by atoms with E-state index < -0.39 is 15.9 Å². The quantitative estimate of drug-likeness (QED) is 0.868. The molecule has 0 saturated heterocycles. The maximum atomic E-state index is 12.5. The molecule has 0 aromatic heterocycles. The van der Waals surface area contributed by atoms with Gasteiger partial charge in [0.05, 0.1) is 17.6 Å². The van der Waals surface area contributed by atoms with E-state index in [1.165, 1.54) is 25.3 Å². The number of sulfonamides is 1. The maximum absolute atomic E-state index is 12.5. The summed E-state index contributed by atoms with van der Waals surface area (Å²) in [6.45, 7) is 4.16. The van der Waals surface area contributed by atoms with Gasteiger partial charge in [-0.05, 0) is 41.8 Å². The highest BCUT2D eigenvalue weighted by Gasteiger charge is 2.17. The highest BCUT2D eigenvalue weighted by atomic mass is 32.2. The summed E-state index contributed by atoms with van der Waals surface area (Å²) in [7, 11) is -2.50. The van der Waals surface area contributed by atoms with Crippen LogP contribution in [0.15, 0.2) is 47.4 Å². The van der Waals surface area contributed by atoms with Crippen LogP contribution in [-0.2, 0) is 10.0 Å². The van der Waals surface area contributed by atoms with Crippen LogP contribution in [0.4, 0.5) is 5.69 Å². The molecule has 0 aliphatic carbocycles. The first-order chi connectivity index (χ1) is 11.2. The van der Waals surface area contributed by atoms with E-state index >= 15 is 0 Å². The van der Waals surface area contributed by atoms with Gasteiger partial charge in [-0.15, -0.1) is 0 Å². The van der Waals surface area contributed by atoms with Gasteiger partial charge in [0.15, 0.2) is 0 Å². The van der Waals surface area contributed by atoms with Crippen LogP contribution in [0.3, 0.4) is 0 Å². The zero-order valence-corrected chi connectivity index (χ0v) is 14.6. The molecule has 3 N–H and O–H groups in total. The normalized spacial score (nSPS) is 11.4. The van der Waals surface area contributed by atoms with Crippen molar-refractivity contribution < 1.29 is 17.9 Å². The number of benzene rings is 2.